The van der Waals surface area contributed by atoms with E-state index in [1.807, 2.05) is 55.5 Å². The second-order valence-electron chi connectivity index (χ2n) is 14.0. The molecule has 2 fully saturated rings. The third-order valence-corrected chi connectivity index (χ3v) is 12.9. The zero-order valence-electron chi connectivity index (χ0n) is 27.5. The number of thiophene rings is 1. The van der Waals surface area contributed by atoms with Gasteiger partial charge < -0.3 is 9.84 Å². The number of sulfonamides is 1. The first-order valence-electron chi connectivity index (χ1n) is 16.3. The maximum absolute atomic E-state index is 13.8. The fraction of sp³-hybridized carbons (Fsp3) is 0.361. The topological polar surface area (TPSA) is 122 Å². The summed E-state index contributed by atoms with van der Waals surface area (Å²) in [6, 6.07) is 22.7. The van der Waals surface area contributed by atoms with Gasteiger partial charge in [0.05, 0.1) is 16.3 Å². The molecule has 0 aliphatic carbocycles. The van der Waals surface area contributed by atoms with E-state index < -0.39 is 10.0 Å². The van der Waals surface area contributed by atoms with E-state index in [2.05, 4.69) is 42.6 Å². The highest BCUT2D eigenvalue weighted by atomic mass is 32.2. The normalized spacial score (nSPS) is 19.8. The smallest absolute Gasteiger partial charge is 0.324 e. The first-order chi connectivity index (χ1) is 22.9. The molecular weight excluding hydrogens is 645 g/mol. The molecule has 2 saturated heterocycles. The number of benzene rings is 2. The number of carbonyl (C=O) groups is 1. The molecule has 5 heterocycles. The molecule has 250 valence electrons. The highest BCUT2D eigenvalue weighted by Crippen LogP contribution is 2.44. The summed E-state index contributed by atoms with van der Waals surface area (Å²) in [6.45, 7) is 8.33. The SMILES string of the molecule is Cc1ccc(-n2nc(C(C)(C)C)cc2NC(=O)Nc2cccc(CC3CC4CCC(C3)N4S(=O)(=O)c3ccc(-c4ccon4)s3)c2)cc1. The summed E-state index contributed by atoms with van der Waals surface area (Å²) in [5.74, 6) is 0.943. The number of nitrogens with zero attached hydrogens (tertiary/aromatic N) is 4. The van der Waals surface area contributed by atoms with Gasteiger partial charge in [-0.05, 0) is 86.9 Å². The lowest BCUT2D eigenvalue weighted by Crippen LogP contribution is -2.46. The number of hydrogen-bond donors (Lipinski definition) is 2. The van der Waals surface area contributed by atoms with Crippen molar-refractivity contribution in [3.8, 4) is 16.3 Å². The van der Waals surface area contributed by atoms with Crippen LogP contribution in [0.4, 0.5) is 16.3 Å². The predicted octanol–water partition coefficient (Wildman–Crippen LogP) is 8.01. The monoisotopic (exact) mass is 684 g/mol. The quantitative estimate of drug-likeness (QED) is 0.171. The van der Waals surface area contributed by atoms with Crippen LogP contribution < -0.4 is 10.6 Å². The van der Waals surface area contributed by atoms with E-state index in [1.165, 1.54) is 17.6 Å². The molecule has 5 aromatic rings. The van der Waals surface area contributed by atoms with E-state index in [-0.39, 0.29) is 23.5 Å². The molecule has 0 radical (unpaired) electrons. The lowest BCUT2D eigenvalue weighted by molar-refractivity contribution is 0.190. The van der Waals surface area contributed by atoms with E-state index in [9.17, 15) is 13.2 Å². The number of hydrogen-bond acceptors (Lipinski definition) is 7. The van der Waals surface area contributed by atoms with Crippen LogP contribution in [-0.2, 0) is 21.9 Å². The van der Waals surface area contributed by atoms with Gasteiger partial charge in [0.15, 0.2) is 0 Å². The zero-order chi connectivity index (χ0) is 33.6. The van der Waals surface area contributed by atoms with Gasteiger partial charge in [0.2, 0.25) is 0 Å². The van der Waals surface area contributed by atoms with Crippen molar-refractivity contribution in [3.05, 3.63) is 95.9 Å². The highest BCUT2D eigenvalue weighted by Gasteiger charge is 2.47. The standard InChI is InChI=1S/C36H40N6O4S2/c1-23-8-10-27(11-9-23)41-33(22-32(39-41)36(2,3)4)38-35(43)37-26-7-5-6-24(19-26)18-25-20-28-12-13-29(21-25)42(28)48(44,45)34-15-14-31(47-34)30-16-17-46-40-30/h5-11,14-17,19,22,25,28-29H,12-13,18,20-21H2,1-4H3,(H2,37,38,43). The van der Waals surface area contributed by atoms with Gasteiger partial charge in [-0.3, -0.25) is 5.32 Å². The fourth-order valence-electron chi connectivity index (χ4n) is 6.95. The minimum Gasteiger partial charge on any atom is -0.364 e. The predicted molar refractivity (Wildman–Crippen MR) is 188 cm³/mol. The third-order valence-electron chi connectivity index (χ3n) is 9.27. The summed E-state index contributed by atoms with van der Waals surface area (Å²) in [5, 5.41) is 14.8. The Kier molecular flexibility index (Phi) is 8.51. The number of fused-ring (bicyclic) bond motifs is 2. The van der Waals surface area contributed by atoms with E-state index in [1.54, 1.807) is 27.2 Å². The van der Waals surface area contributed by atoms with Crippen LogP contribution in [0.25, 0.3) is 16.3 Å². The van der Waals surface area contributed by atoms with Crippen molar-refractivity contribution in [2.45, 2.75) is 81.5 Å². The van der Waals surface area contributed by atoms with E-state index >= 15 is 0 Å². The summed E-state index contributed by atoms with van der Waals surface area (Å²) >= 11 is 1.24. The van der Waals surface area contributed by atoms with Gasteiger partial charge >= 0.3 is 6.03 Å². The summed E-state index contributed by atoms with van der Waals surface area (Å²) in [6.07, 6.45) is 5.69. The molecule has 7 rings (SSSR count). The Morgan fingerprint density at radius 2 is 1.73 bits per heavy atom. The number of urea groups is 1. The summed E-state index contributed by atoms with van der Waals surface area (Å²) < 4.78 is 36.4. The summed E-state index contributed by atoms with van der Waals surface area (Å²) in [7, 11) is -3.61. The van der Waals surface area contributed by atoms with Crippen molar-refractivity contribution in [2.75, 3.05) is 10.6 Å². The van der Waals surface area contributed by atoms with Crippen molar-refractivity contribution in [3.63, 3.8) is 0 Å². The fourth-order valence-corrected chi connectivity index (χ4v) is 10.2. The van der Waals surface area contributed by atoms with Crippen LogP contribution in [0.1, 0.15) is 63.3 Å². The number of rotatable bonds is 8. The minimum atomic E-state index is -3.61. The molecule has 12 heteroatoms. The van der Waals surface area contributed by atoms with Gasteiger partial charge in [-0.25, -0.2) is 17.9 Å². The highest BCUT2D eigenvalue weighted by molar-refractivity contribution is 7.91. The molecule has 0 spiro atoms. The van der Waals surface area contributed by atoms with Gasteiger partial charge in [-0.1, -0.05) is 55.8 Å². The van der Waals surface area contributed by atoms with Crippen molar-refractivity contribution in [1.29, 1.82) is 0 Å². The molecule has 3 aromatic heterocycles. The van der Waals surface area contributed by atoms with E-state index in [0.717, 1.165) is 59.5 Å². The minimum absolute atomic E-state index is 0.0141. The lowest BCUT2D eigenvalue weighted by Gasteiger charge is -2.37. The number of piperidine rings is 1. The van der Waals surface area contributed by atoms with Crippen LogP contribution in [-0.4, -0.2) is 45.8 Å². The Balaban J connectivity index is 1.01. The Morgan fingerprint density at radius 3 is 2.42 bits per heavy atom. The van der Waals surface area contributed by atoms with Crippen LogP contribution in [0.15, 0.2) is 87.8 Å². The molecule has 10 nitrogen and oxygen atoms in total. The number of nitrogens with one attached hydrogen (secondary N) is 2. The van der Waals surface area contributed by atoms with E-state index in [0.29, 0.717) is 27.3 Å². The Bertz CT molecular complexity index is 2010. The average molecular weight is 685 g/mol. The van der Waals surface area contributed by atoms with Crippen molar-refractivity contribution >= 4 is 38.9 Å². The average Bonchev–Trinajstić information content (AvgIpc) is 3.84. The van der Waals surface area contributed by atoms with Gasteiger partial charge in [-0.2, -0.15) is 9.40 Å². The third kappa shape index (κ3) is 6.56. The molecular formula is C36H40N6O4S2. The molecule has 0 saturated carbocycles. The van der Waals surface area contributed by atoms with Crippen molar-refractivity contribution in [2.24, 2.45) is 5.92 Å². The van der Waals surface area contributed by atoms with Gasteiger partial charge in [-0.15, -0.1) is 11.3 Å². The molecule has 2 aromatic carbocycles. The number of anilines is 2. The molecule has 2 unspecified atom stereocenters. The molecule has 2 aliphatic rings. The van der Waals surface area contributed by atoms with Crippen molar-refractivity contribution < 1.29 is 17.7 Å². The molecule has 2 N–H and O–H groups in total. The van der Waals surface area contributed by atoms with Gasteiger partial charge in [0, 0.05) is 35.3 Å². The second-order valence-corrected chi connectivity index (χ2v) is 17.1. The van der Waals surface area contributed by atoms with Crippen LogP contribution >= 0.6 is 11.3 Å². The molecule has 2 bridgehead atoms. The molecule has 2 atom stereocenters. The summed E-state index contributed by atoms with van der Waals surface area (Å²) in [4.78, 5) is 14.0. The Morgan fingerprint density at radius 1 is 0.979 bits per heavy atom. The lowest BCUT2D eigenvalue weighted by atomic mass is 9.87. The number of aryl methyl sites for hydroxylation is 1. The first kappa shape index (κ1) is 32.3. The van der Waals surface area contributed by atoms with Crippen LogP contribution in [0.2, 0.25) is 0 Å². The summed E-state index contributed by atoms with van der Waals surface area (Å²) in [5.41, 5.74) is 5.15. The molecule has 48 heavy (non-hydrogen) atoms. The second kappa shape index (κ2) is 12.6. The van der Waals surface area contributed by atoms with Gasteiger partial charge in [0.25, 0.3) is 10.0 Å². The maximum Gasteiger partial charge on any atom is 0.324 e. The number of carbonyl (C=O) groups excluding carboxylic acids is 1. The zero-order valence-corrected chi connectivity index (χ0v) is 29.1. The maximum atomic E-state index is 13.8. The largest absolute Gasteiger partial charge is 0.364 e. The molecule has 2 aliphatic heterocycles. The Hall–Kier alpha value is -4.26. The van der Waals surface area contributed by atoms with Crippen LogP contribution in [0, 0.1) is 12.8 Å². The van der Waals surface area contributed by atoms with Crippen LogP contribution in [0.3, 0.4) is 0 Å². The van der Waals surface area contributed by atoms with Crippen molar-refractivity contribution in [1.82, 2.24) is 19.2 Å². The van der Waals surface area contributed by atoms with Crippen LogP contribution in [0.5, 0.6) is 0 Å². The Labute approximate surface area is 285 Å². The van der Waals surface area contributed by atoms with E-state index in [4.69, 9.17) is 9.62 Å². The number of amides is 2. The first-order valence-corrected chi connectivity index (χ1v) is 18.6. The molecule has 2 amide bonds. The van der Waals surface area contributed by atoms with Gasteiger partial charge in [0.1, 0.15) is 22.0 Å². The number of aromatic nitrogens is 3.